The highest BCUT2D eigenvalue weighted by Gasteiger charge is 1.93. The quantitative estimate of drug-likeness (QED) is 0.624. The highest BCUT2D eigenvalue weighted by Crippen LogP contribution is 2.15. The van der Waals surface area contributed by atoms with Gasteiger partial charge in [0.2, 0.25) is 0 Å². The van der Waals surface area contributed by atoms with E-state index in [9.17, 15) is 0 Å². The van der Waals surface area contributed by atoms with Crippen molar-refractivity contribution < 1.29 is 0 Å². The van der Waals surface area contributed by atoms with Crippen LogP contribution in [0.2, 0.25) is 0 Å². The summed E-state index contributed by atoms with van der Waals surface area (Å²) in [4.78, 5) is 0. The fraction of sp³-hybridized carbons (Fsp3) is 0.200. The Kier molecular flexibility index (Phi) is 2.73. The molecular weight excluding hydrogens is 200 g/mol. The van der Waals surface area contributed by atoms with Gasteiger partial charge in [0, 0.05) is 10.9 Å². The van der Waals surface area contributed by atoms with Crippen LogP contribution in [0.15, 0.2) is 22.7 Å². The predicted octanol–water partition coefficient (Wildman–Crippen LogP) is 2.93. The monoisotopic (exact) mass is 208 g/mol. The molecule has 0 aromatic heterocycles. The molecule has 0 saturated heterocycles. The average molecular weight is 209 g/mol. The molecule has 0 aliphatic carbocycles. The molecule has 0 radical (unpaired) electrons. The third kappa shape index (κ3) is 2.40. The Hall–Kier alpha value is -0.740. The summed E-state index contributed by atoms with van der Waals surface area (Å²) in [7, 11) is 0. The maximum atomic E-state index is 5.20. The molecule has 11 heavy (non-hydrogen) atoms. The van der Waals surface area contributed by atoms with Gasteiger partial charge in [-0.05, 0) is 30.2 Å². The van der Waals surface area contributed by atoms with Crippen molar-refractivity contribution in [2.75, 3.05) is 0 Å². The van der Waals surface area contributed by atoms with Gasteiger partial charge in [-0.25, -0.2) is 0 Å². The van der Waals surface area contributed by atoms with Crippen LogP contribution in [-0.4, -0.2) is 0 Å². The molecule has 1 aromatic rings. The molecule has 0 unspecified atom stereocenters. The lowest BCUT2D eigenvalue weighted by Gasteiger charge is -1.98. The summed E-state index contributed by atoms with van der Waals surface area (Å²) in [5.74, 6) is 2.62. The summed E-state index contributed by atoms with van der Waals surface area (Å²) in [5, 5.41) is 0. The molecule has 0 amide bonds. The van der Waals surface area contributed by atoms with Gasteiger partial charge in [-0.15, -0.1) is 12.3 Å². The zero-order chi connectivity index (χ0) is 8.27. The predicted molar refractivity (Wildman–Crippen MR) is 51.4 cm³/mol. The molecule has 0 bridgehead atoms. The fourth-order valence-electron chi connectivity index (χ4n) is 1.03. The Morgan fingerprint density at radius 2 is 2.18 bits per heavy atom. The largest absolute Gasteiger partial charge is 0.120 e. The molecule has 0 aliphatic heterocycles. The third-order valence-electron chi connectivity index (χ3n) is 1.41. The van der Waals surface area contributed by atoms with Crippen LogP contribution in [0.3, 0.4) is 0 Å². The van der Waals surface area contributed by atoms with Crippen LogP contribution >= 0.6 is 15.9 Å². The van der Waals surface area contributed by atoms with Crippen molar-refractivity contribution in [2.45, 2.75) is 13.3 Å². The number of hydrogen-bond donors (Lipinski definition) is 0. The Morgan fingerprint density at radius 3 is 2.73 bits per heavy atom. The second-order valence-corrected chi connectivity index (χ2v) is 3.43. The average Bonchev–Trinajstić information content (AvgIpc) is 1.85. The summed E-state index contributed by atoms with van der Waals surface area (Å²) < 4.78 is 1.10. The van der Waals surface area contributed by atoms with Crippen molar-refractivity contribution in [1.82, 2.24) is 0 Å². The van der Waals surface area contributed by atoms with Crippen molar-refractivity contribution in [3.8, 4) is 12.3 Å². The summed E-state index contributed by atoms with van der Waals surface area (Å²) >= 11 is 3.41. The topological polar surface area (TPSA) is 0 Å². The van der Waals surface area contributed by atoms with Gasteiger partial charge in [0.25, 0.3) is 0 Å². The minimum absolute atomic E-state index is 0.709. The van der Waals surface area contributed by atoms with E-state index < -0.39 is 0 Å². The minimum Gasteiger partial charge on any atom is -0.120 e. The Labute approximate surface area is 75.8 Å². The maximum Gasteiger partial charge on any atom is 0.0338 e. The highest BCUT2D eigenvalue weighted by molar-refractivity contribution is 9.10. The number of benzene rings is 1. The smallest absolute Gasteiger partial charge is 0.0338 e. The Bertz CT molecular complexity index is 274. The van der Waals surface area contributed by atoms with Gasteiger partial charge in [0.15, 0.2) is 0 Å². The normalized spacial score (nSPS) is 9.18. The summed E-state index contributed by atoms with van der Waals surface area (Å²) in [6, 6.07) is 6.22. The van der Waals surface area contributed by atoms with E-state index in [2.05, 4.69) is 40.9 Å². The molecule has 1 aromatic carbocycles. The first-order valence-electron chi connectivity index (χ1n) is 3.42. The van der Waals surface area contributed by atoms with Gasteiger partial charge < -0.3 is 0 Å². The lowest BCUT2D eigenvalue weighted by Crippen LogP contribution is -1.82. The van der Waals surface area contributed by atoms with E-state index in [4.69, 9.17) is 6.42 Å². The molecule has 0 saturated carbocycles. The van der Waals surface area contributed by atoms with E-state index in [0.29, 0.717) is 6.42 Å². The standard InChI is InChI=1S/C10H9Br/c1-3-4-9-5-8(2)6-10(11)7-9/h1,5-7H,4H2,2H3. The second kappa shape index (κ2) is 3.59. The summed E-state index contributed by atoms with van der Waals surface area (Å²) in [5.41, 5.74) is 2.43. The van der Waals surface area contributed by atoms with Gasteiger partial charge in [0.1, 0.15) is 0 Å². The molecule has 0 nitrogen and oxygen atoms in total. The molecule has 0 N–H and O–H groups in total. The minimum atomic E-state index is 0.709. The van der Waals surface area contributed by atoms with E-state index in [1.54, 1.807) is 0 Å². The number of aryl methyl sites for hydroxylation is 1. The van der Waals surface area contributed by atoms with Crippen LogP contribution in [0.4, 0.5) is 0 Å². The van der Waals surface area contributed by atoms with E-state index >= 15 is 0 Å². The van der Waals surface area contributed by atoms with Crippen molar-refractivity contribution in [2.24, 2.45) is 0 Å². The molecular formula is C10H9Br. The van der Waals surface area contributed by atoms with E-state index in [0.717, 1.165) is 4.47 Å². The number of terminal acetylenes is 1. The highest BCUT2D eigenvalue weighted by atomic mass is 79.9. The van der Waals surface area contributed by atoms with Gasteiger partial charge in [0.05, 0.1) is 0 Å². The molecule has 0 spiro atoms. The van der Waals surface area contributed by atoms with E-state index in [1.165, 1.54) is 11.1 Å². The number of halogens is 1. The molecule has 1 rings (SSSR count). The molecule has 0 fully saturated rings. The van der Waals surface area contributed by atoms with Crippen LogP contribution < -0.4 is 0 Å². The maximum absolute atomic E-state index is 5.20. The summed E-state index contributed by atoms with van der Waals surface area (Å²) in [6.07, 6.45) is 5.90. The molecule has 0 atom stereocenters. The van der Waals surface area contributed by atoms with Crippen molar-refractivity contribution >= 4 is 15.9 Å². The van der Waals surface area contributed by atoms with Crippen LogP contribution in [0.1, 0.15) is 11.1 Å². The van der Waals surface area contributed by atoms with Crippen molar-refractivity contribution in [3.63, 3.8) is 0 Å². The van der Waals surface area contributed by atoms with Gasteiger partial charge in [-0.2, -0.15) is 0 Å². The van der Waals surface area contributed by atoms with Gasteiger partial charge >= 0.3 is 0 Å². The lowest BCUT2D eigenvalue weighted by atomic mass is 10.1. The van der Waals surface area contributed by atoms with Crippen LogP contribution in [0, 0.1) is 19.3 Å². The van der Waals surface area contributed by atoms with Crippen LogP contribution in [-0.2, 0) is 6.42 Å². The van der Waals surface area contributed by atoms with E-state index in [1.807, 2.05) is 6.07 Å². The first kappa shape index (κ1) is 8.36. The van der Waals surface area contributed by atoms with Gasteiger partial charge in [-0.1, -0.05) is 22.0 Å². The Balaban J connectivity index is 3.01. The van der Waals surface area contributed by atoms with Crippen LogP contribution in [0.5, 0.6) is 0 Å². The second-order valence-electron chi connectivity index (χ2n) is 2.52. The van der Waals surface area contributed by atoms with Crippen LogP contribution in [0.25, 0.3) is 0 Å². The fourth-order valence-corrected chi connectivity index (χ4v) is 1.69. The zero-order valence-electron chi connectivity index (χ0n) is 6.39. The SMILES string of the molecule is C#CCc1cc(C)cc(Br)c1. The molecule has 0 aliphatic rings. The molecule has 0 heterocycles. The number of rotatable bonds is 1. The third-order valence-corrected chi connectivity index (χ3v) is 1.87. The van der Waals surface area contributed by atoms with E-state index in [-0.39, 0.29) is 0 Å². The molecule has 1 heteroatoms. The lowest BCUT2D eigenvalue weighted by molar-refractivity contribution is 1.28. The zero-order valence-corrected chi connectivity index (χ0v) is 7.98. The van der Waals surface area contributed by atoms with Crippen molar-refractivity contribution in [1.29, 1.82) is 0 Å². The van der Waals surface area contributed by atoms with Gasteiger partial charge in [-0.3, -0.25) is 0 Å². The number of hydrogen-bond acceptors (Lipinski definition) is 0. The first-order chi connectivity index (χ1) is 5.22. The Morgan fingerprint density at radius 1 is 1.45 bits per heavy atom. The summed E-state index contributed by atoms with van der Waals surface area (Å²) in [6.45, 7) is 2.06. The van der Waals surface area contributed by atoms with Crippen molar-refractivity contribution in [3.05, 3.63) is 33.8 Å². The molecule has 56 valence electrons. The first-order valence-corrected chi connectivity index (χ1v) is 4.21.